The molecule has 0 fully saturated rings. The van der Waals surface area contributed by atoms with E-state index in [4.69, 9.17) is 21.2 Å². The molecule has 2 aromatic heterocycles. The molecule has 0 aliphatic rings. The third-order valence-electron chi connectivity index (χ3n) is 5.61. The number of benzene rings is 3. The zero-order valence-corrected chi connectivity index (χ0v) is 19.5. The average molecular weight is 483 g/mol. The van der Waals surface area contributed by atoms with Crippen molar-refractivity contribution in [1.29, 1.82) is 0 Å². The van der Waals surface area contributed by atoms with Gasteiger partial charge in [-0.2, -0.15) is 0 Å². The quantitative estimate of drug-likeness (QED) is 0.321. The number of hydrogen-bond donors (Lipinski definition) is 2. The monoisotopic (exact) mass is 482 g/mol. The number of halogens is 1. The van der Waals surface area contributed by atoms with Crippen LogP contribution in [0.3, 0.4) is 0 Å². The van der Waals surface area contributed by atoms with Crippen LogP contribution in [0.2, 0.25) is 0 Å². The Morgan fingerprint density at radius 2 is 1.57 bits per heavy atom. The predicted molar refractivity (Wildman–Crippen MR) is 141 cm³/mol. The van der Waals surface area contributed by atoms with Gasteiger partial charge in [0, 0.05) is 29.4 Å². The first kappa shape index (κ1) is 23.9. The molecule has 0 saturated carbocycles. The highest BCUT2D eigenvalue weighted by Gasteiger charge is 2.15. The van der Waals surface area contributed by atoms with Gasteiger partial charge in [0.1, 0.15) is 5.75 Å². The minimum atomic E-state index is -0.487. The molecule has 1 amide bonds. The summed E-state index contributed by atoms with van der Waals surface area (Å²) in [5, 5.41) is 0.780. The van der Waals surface area contributed by atoms with Crippen molar-refractivity contribution in [2.75, 3.05) is 0 Å². The van der Waals surface area contributed by atoms with E-state index in [0.29, 0.717) is 23.7 Å². The first-order valence-electron chi connectivity index (χ1n) is 10.8. The van der Waals surface area contributed by atoms with Crippen LogP contribution in [0.15, 0.2) is 97.2 Å². The van der Waals surface area contributed by atoms with Gasteiger partial charge in [-0.15, -0.1) is 12.4 Å². The number of primary amides is 1. The summed E-state index contributed by atoms with van der Waals surface area (Å²) in [6.45, 7) is 0.490. The Kier molecular flexibility index (Phi) is 7.06. The highest BCUT2D eigenvalue weighted by Crippen LogP contribution is 2.36. The molecule has 0 atom stereocenters. The third-order valence-corrected chi connectivity index (χ3v) is 5.61. The molecule has 5 rings (SSSR count). The summed E-state index contributed by atoms with van der Waals surface area (Å²) in [5.74, 6) is 0.491. The largest absolute Gasteiger partial charge is 0.438 e. The van der Waals surface area contributed by atoms with Crippen molar-refractivity contribution in [3.05, 3.63) is 108 Å². The fraction of sp³-hybridized carbons (Fsp3) is 0.0357. The molecule has 7 heteroatoms. The minimum Gasteiger partial charge on any atom is -0.438 e. The minimum absolute atomic E-state index is 0. The standard InChI is InChI=1S/C28H22N4O2.ClH/c29-17-18-6-8-20(9-7-18)26-23(19-4-2-1-3-5-19)16-24-25(32-26)14-15-31-28(24)34-22-12-10-21(11-13-22)27(30)33;/h1-16H,17,29H2,(H2,30,33);1H. The zero-order chi connectivity index (χ0) is 23.5. The van der Waals surface area contributed by atoms with Crippen molar-refractivity contribution < 1.29 is 9.53 Å². The third kappa shape index (κ3) is 4.99. The first-order chi connectivity index (χ1) is 16.6. The van der Waals surface area contributed by atoms with Crippen LogP contribution in [-0.4, -0.2) is 15.9 Å². The number of ether oxygens (including phenoxy) is 1. The van der Waals surface area contributed by atoms with Crippen molar-refractivity contribution >= 4 is 29.2 Å². The molecule has 5 aromatic rings. The second-order valence-electron chi connectivity index (χ2n) is 7.83. The van der Waals surface area contributed by atoms with Gasteiger partial charge < -0.3 is 16.2 Å². The SMILES string of the molecule is Cl.NCc1ccc(-c2nc3ccnc(Oc4ccc(C(N)=O)cc4)c3cc2-c2ccccc2)cc1. The molecule has 174 valence electrons. The van der Waals surface area contributed by atoms with Gasteiger partial charge >= 0.3 is 0 Å². The fourth-order valence-electron chi connectivity index (χ4n) is 3.81. The Morgan fingerprint density at radius 3 is 2.23 bits per heavy atom. The molecule has 0 radical (unpaired) electrons. The van der Waals surface area contributed by atoms with Crippen LogP contribution < -0.4 is 16.2 Å². The van der Waals surface area contributed by atoms with E-state index < -0.39 is 5.91 Å². The van der Waals surface area contributed by atoms with Gasteiger partial charge in [0.2, 0.25) is 11.8 Å². The lowest BCUT2D eigenvalue weighted by Crippen LogP contribution is -2.10. The summed E-state index contributed by atoms with van der Waals surface area (Å²) in [6, 6.07) is 28.8. The van der Waals surface area contributed by atoms with Gasteiger partial charge in [0.25, 0.3) is 0 Å². The number of fused-ring (bicyclic) bond motifs is 1. The summed E-state index contributed by atoms with van der Waals surface area (Å²) in [4.78, 5) is 20.8. The summed E-state index contributed by atoms with van der Waals surface area (Å²) in [7, 11) is 0. The van der Waals surface area contributed by atoms with Crippen LogP contribution in [0, 0.1) is 0 Å². The molecule has 6 nitrogen and oxygen atoms in total. The van der Waals surface area contributed by atoms with Crippen molar-refractivity contribution in [2.45, 2.75) is 6.54 Å². The van der Waals surface area contributed by atoms with Crippen LogP contribution in [0.5, 0.6) is 11.6 Å². The maximum Gasteiger partial charge on any atom is 0.248 e. The number of rotatable bonds is 6. The second kappa shape index (κ2) is 10.3. The Hall–Kier alpha value is -4.26. The van der Waals surface area contributed by atoms with E-state index in [1.165, 1.54) is 0 Å². The van der Waals surface area contributed by atoms with E-state index >= 15 is 0 Å². The molecular weight excluding hydrogens is 460 g/mol. The lowest BCUT2D eigenvalue weighted by Gasteiger charge is -2.14. The summed E-state index contributed by atoms with van der Waals surface area (Å²) in [5.41, 5.74) is 17.2. The average Bonchev–Trinajstić information content (AvgIpc) is 2.89. The number of amides is 1. The topological polar surface area (TPSA) is 104 Å². The van der Waals surface area contributed by atoms with Crippen molar-refractivity contribution in [1.82, 2.24) is 9.97 Å². The van der Waals surface area contributed by atoms with E-state index in [-0.39, 0.29) is 12.4 Å². The Morgan fingerprint density at radius 1 is 0.857 bits per heavy atom. The van der Waals surface area contributed by atoms with Gasteiger partial charge in [-0.25, -0.2) is 9.97 Å². The number of nitrogens with zero attached hydrogens (tertiary/aromatic N) is 2. The van der Waals surface area contributed by atoms with E-state index in [2.05, 4.69) is 23.2 Å². The van der Waals surface area contributed by atoms with Crippen molar-refractivity contribution in [2.24, 2.45) is 11.5 Å². The number of pyridine rings is 2. The molecule has 0 aliphatic heterocycles. The molecule has 0 unspecified atom stereocenters. The van der Waals surface area contributed by atoms with Crippen LogP contribution >= 0.6 is 12.4 Å². The fourth-order valence-corrected chi connectivity index (χ4v) is 3.81. The van der Waals surface area contributed by atoms with E-state index in [1.54, 1.807) is 30.5 Å². The number of hydrogen-bond acceptors (Lipinski definition) is 5. The summed E-state index contributed by atoms with van der Waals surface area (Å²) < 4.78 is 6.08. The molecular formula is C28H23ClN4O2. The maximum atomic E-state index is 11.4. The molecule has 3 aromatic carbocycles. The highest BCUT2D eigenvalue weighted by molar-refractivity contribution is 5.94. The number of carbonyl (C=O) groups excluding carboxylic acids is 1. The highest BCUT2D eigenvalue weighted by atomic mass is 35.5. The van der Waals surface area contributed by atoms with Gasteiger partial charge in [-0.1, -0.05) is 54.6 Å². The summed E-state index contributed by atoms with van der Waals surface area (Å²) >= 11 is 0. The van der Waals surface area contributed by atoms with E-state index in [0.717, 1.165) is 38.9 Å². The lowest BCUT2D eigenvalue weighted by atomic mass is 9.97. The predicted octanol–water partition coefficient (Wildman–Crippen LogP) is 5.74. The molecule has 0 saturated heterocycles. The Bertz CT molecular complexity index is 1470. The van der Waals surface area contributed by atoms with E-state index in [1.807, 2.05) is 48.5 Å². The molecule has 0 spiro atoms. The molecule has 35 heavy (non-hydrogen) atoms. The van der Waals surface area contributed by atoms with Gasteiger partial charge in [0.05, 0.1) is 16.6 Å². The van der Waals surface area contributed by atoms with E-state index in [9.17, 15) is 4.79 Å². The molecule has 0 aliphatic carbocycles. The van der Waals surface area contributed by atoms with Crippen molar-refractivity contribution in [3.8, 4) is 34.0 Å². The lowest BCUT2D eigenvalue weighted by molar-refractivity contribution is 0.100. The molecule has 2 heterocycles. The summed E-state index contributed by atoms with van der Waals surface area (Å²) in [6.07, 6.45) is 1.67. The number of aromatic nitrogens is 2. The van der Waals surface area contributed by atoms with Crippen LogP contribution in [-0.2, 0) is 6.54 Å². The van der Waals surface area contributed by atoms with Gasteiger partial charge in [-0.05, 0) is 47.5 Å². The van der Waals surface area contributed by atoms with Crippen LogP contribution in [0.1, 0.15) is 15.9 Å². The molecule has 0 bridgehead atoms. The number of nitrogens with two attached hydrogens (primary N) is 2. The first-order valence-corrected chi connectivity index (χ1v) is 10.8. The van der Waals surface area contributed by atoms with Crippen molar-refractivity contribution in [3.63, 3.8) is 0 Å². The smallest absolute Gasteiger partial charge is 0.248 e. The normalized spacial score (nSPS) is 10.5. The maximum absolute atomic E-state index is 11.4. The van der Waals surface area contributed by atoms with Gasteiger partial charge in [0.15, 0.2) is 0 Å². The zero-order valence-electron chi connectivity index (χ0n) is 18.7. The molecule has 4 N–H and O–H groups in total. The Balaban J connectivity index is 0.00000289. The Labute approximate surface area is 209 Å². The van der Waals surface area contributed by atoms with Gasteiger partial charge in [-0.3, -0.25) is 4.79 Å². The number of carbonyl (C=O) groups is 1. The second-order valence-corrected chi connectivity index (χ2v) is 7.83. The van der Waals surface area contributed by atoms with Crippen LogP contribution in [0.25, 0.3) is 33.3 Å². The van der Waals surface area contributed by atoms with Crippen LogP contribution in [0.4, 0.5) is 0 Å².